The SMILES string of the molecule is C=C1CCC2(C[C@H]1CN(Cc1ccccc1)Cc1ccccc1)OCCO2. The molecule has 1 aliphatic heterocycles. The van der Waals surface area contributed by atoms with Gasteiger partial charge in [0.2, 0.25) is 0 Å². The highest BCUT2D eigenvalue weighted by atomic mass is 16.7. The fourth-order valence-corrected chi connectivity index (χ4v) is 4.31. The molecule has 4 rings (SSSR count). The Bertz CT molecular complexity index is 696. The van der Waals surface area contributed by atoms with Crippen molar-refractivity contribution in [2.24, 2.45) is 5.92 Å². The van der Waals surface area contributed by atoms with Crippen molar-refractivity contribution in [3.8, 4) is 0 Å². The lowest BCUT2D eigenvalue weighted by atomic mass is 9.81. The maximum Gasteiger partial charge on any atom is 0.169 e. The van der Waals surface area contributed by atoms with E-state index in [4.69, 9.17) is 9.47 Å². The molecule has 0 radical (unpaired) electrons. The smallest absolute Gasteiger partial charge is 0.169 e. The van der Waals surface area contributed by atoms with E-state index in [1.807, 2.05) is 0 Å². The molecule has 0 unspecified atom stereocenters. The number of hydrogen-bond acceptors (Lipinski definition) is 3. The van der Waals surface area contributed by atoms with Gasteiger partial charge in [-0.25, -0.2) is 0 Å². The third-order valence-corrected chi connectivity index (χ3v) is 5.75. The van der Waals surface area contributed by atoms with Crippen LogP contribution in [0, 0.1) is 5.92 Å². The normalized spacial score (nSPS) is 21.8. The molecule has 1 spiro atoms. The average Bonchev–Trinajstić information content (AvgIpc) is 3.14. The van der Waals surface area contributed by atoms with E-state index in [0.717, 1.165) is 52.1 Å². The zero-order valence-corrected chi connectivity index (χ0v) is 16.0. The lowest BCUT2D eigenvalue weighted by Crippen LogP contribution is -2.41. The molecule has 0 aromatic heterocycles. The van der Waals surface area contributed by atoms with Gasteiger partial charge >= 0.3 is 0 Å². The van der Waals surface area contributed by atoms with Crippen LogP contribution >= 0.6 is 0 Å². The zero-order valence-electron chi connectivity index (χ0n) is 16.0. The maximum absolute atomic E-state index is 6.00. The molecule has 1 heterocycles. The summed E-state index contributed by atoms with van der Waals surface area (Å²) in [6.45, 7) is 8.68. The van der Waals surface area contributed by atoms with Crippen molar-refractivity contribution in [2.75, 3.05) is 19.8 Å². The third kappa shape index (κ3) is 4.67. The van der Waals surface area contributed by atoms with Crippen LogP contribution in [0.25, 0.3) is 0 Å². The first-order chi connectivity index (χ1) is 13.2. The second-order valence-corrected chi connectivity index (χ2v) is 7.81. The summed E-state index contributed by atoms with van der Waals surface area (Å²) < 4.78 is 12.0. The van der Waals surface area contributed by atoms with Gasteiger partial charge in [-0.05, 0) is 23.5 Å². The summed E-state index contributed by atoms with van der Waals surface area (Å²) in [5.41, 5.74) is 4.03. The Hall–Kier alpha value is -1.94. The van der Waals surface area contributed by atoms with Crippen molar-refractivity contribution < 1.29 is 9.47 Å². The van der Waals surface area contributed by atoms with Crippen LogP contribution in [0.4, 0.5) is 0 Å². The lowest BCUT2D eigenvalue weighted by Gasteiger charge is -2.39. The van der Waals surface area contributed by atoms with E-state index < -0.39 is 0 Å². The van der Waals surface area contributed by atoms with Crippen molar-refractivity contribution in [1.29, 1.82) is 0 Å². The van der Waals surface area contributed by atoms with Gasteiger partial charge in [-0.2, -0.15) is 0 Å². The van der Waals surface area contributed by atoms with Crippen LogP contribution in [-0.4, -0.2) is 30.4 Å². The molecule has 2 aromatic carbocycles. The highest BCUT2D eigenvalue weighted by Crippen LogP contribution is 2.41. The van der Waals surface area contributed by atoms with Gasteiger partial charge in [0, 0.05) is 32.5 Å². The molecule has 2 fully saturated rings. The predicted molar refractivity (Wildman–Crippen MR) is 108 cm³/mol. The summed E-state index contributed by atoms with van der Waals surface area (Å²) in [6.07, 6.45) is 2.86. The van der Waals surface area contributed by atoms with E-state index >= 15 is 0 Å². The minimum absolute atomic E-state index is 0.364. The Morgan fingerprint density at radius 1 is 0.889 bits per heavy atom. The second kappa shape index (κ2) is 8.39. The minimum atomic E-state index is -0.364. The summed E-state index contributed by atoms with van der Waals surface area (Å²) in [5, 5.41) is 0. The fraction of sp³-hybridized carbons (Fsp3) is 0.417. The van der Waals surface area contributed by atoms with Gasteiger partial charge in [-0.3, -0.25) is 4.90 Å². The topological polar surface area (TPSA) is 21.7 Å². The Morgan fingerprint density at radius 3 is 2.00 bits per heavy atom. The molecule has 1 saturated heterocycles. The maximum atomic E-state index is 6.00. The molecule has 1 saturated carbocycles. The molecule has 142 valence electrons. The molecule has 27 heavy (non-hydrogen) atoms. The van der Waals surface area contributed by atoms with Gasteiger partial charge in [0.1, 0.15) is 0 Å². The van der Waals surface area contributed by atoms with Crippen molar-refractivity contribution in [3.05, 3.63) is 83.9 Å². The van der Waals surface area contributed by atoms with Crippen LogP contribution < -0.4 is 0 Å². The lowest BCUT2D eigenvalue weighted by molar-refractivity contribution is -0.180. The summed E-state index contributed by atoms with van der Waals surface area (Å²) >= 11 is 0. The summed E-state index contributed by atoms with van der Waals surface area (Å²) in [7, 11) is 0. The second-order valence-electron chi connectivity index (χ2n) is 7.81. The van der Waals surface area contributed by atoms with Crippen molar-refractivity contribution in [2.45, 2.75) is 38.1 Å². The molecular weight excluding hydrogens is 334 g/mol. The van der Waals surface area contributed by atoms with E-state index in [1.165, 1.54) is 16.7 Å². The zero-order chi connectivity index (χ0) is 18.5. The molecule has 3 nitrogen and oxygen atoms in total. The van der Waals surface area contributed by atoms with Crippen molar-refractivity contribution >= 4 is 0 Å². The Morgan fingerprint density at radius 2 is 1.44 bits per heavy atom. The fourth-order valence-electron chi connectivity index (χ4n) is 4.31. The highest BCUT2D eigenvalue weighted by Gasteiger charge is 2.42. The number of ether oxygens (including phenoxy) is 2. The third-order valence-electron chi connectivity index (χ3n) is 5.75. The number of nitrogens with zero attached hydrogens (tertiary/aromatic N) is 1. The number of benzene rings is 2. The van der Waals surface area contributed by atoms with Crippen LogP contribution in [0.2, 0.25) is 0 Å². The van der Waals surface area contributed by atoms with Gasteiger partial charge in [-0.1, -0.05) is 72.8 Å². The van der Waals surface area contributed by atoms with Gasteiger partial charge in [0.25, 0.3) is 0 Å². The quantitative estimate of drug-likeness (QED) is 0.689. The first kappa shape index (κ1) is 18.4. The van der Waals surface area contributed by atoms with Crippen molar-refractivity contribution in [1.82, 2.24) is 4.90 Å². The first-order valence-electron chi connectivity index (χ1n) is 9.98. The molecule has 2 aliphatic rings. The summed E-state index contributed by atoms with van der Waals surface area (Å²) in [4.78, 5) is 2.54. The van der Waals surface area contributed by atoms with Crippen LogP contribution in [0.3, 0.4) is 0 Å². The average molecular weight is 364 g/mol. The van der Waals surface area contributed by atoms with Gasteiger partial charge in [-0.15, -0.1) is 0 Å². The molecule has 0 amide bonds. The minimum Gasteiger partial charge on any atom is -0.348 e. The number of hydrogen-bond donors (Lipinski definition) is 0. The molecule has 1 aliphatic carbocycles. The van der Waals surface area contributed by atoms with Gasteiger partial charge < -0.3 is 9.47 Å². The standard InChI is InChI=1S/C24H29NO2/c1-20-12-13-24(26-14-15-27-24)16-23(20)19-25(17-21-8-4-2-5-9-21)18-22-10-6-3-7-11-22/h2-11,23H,1,12-19H2/t23-/m0/s1. The molecule has 3 heteroatoms. The highest BCUT2D eigenvalue weighted by molar-refractivity contribution is 5.18. The van der Waals surface area contributed by atoms with Gasteiger partial charge in [0.05, 0.1) is 13.2 Å². The Kier molecular flexibility index (Phi) is 5.72. The van der Waals surface area contributed by atoms with Crippen LogP contribution in [-0.2, 0) is 22.6 Å². The Labute approximate surface area is 162 Å². The monoisotopic (exact) mass is 363 g/mol. The Balaban J connectivity index is 1.49. The summed E-state index contributed by atoms with van der Waals surface area (Å²) in [6, 6.07) is 21.4. The predicted octanol–water partition coefficient (Wildman–Crippen LogP) is 4.79. The van der Waals surface area contributed by atoms with E-state index in [-0.39, 0.29) is 5.79 Å². The molecule has 1 atom stereocenters. The first-order valence-corrected chi connectivity index (χ1v) is 9.98. The van der Waals surface area contributed by atoms with E-state index in [0.29, 0.717) is 5.92 Å². The largest absolute Gasteiger partial charge is 0.348 e. The molecular formula is C24H29NO2. The summed E-state index contributed by atoms with van der Waals surface area (Å²) in [5.74, 6) is 0.0427. The van der Waals surface area contributed by atoms with Crippen molar-refractivity contribution in [3.63, 3.8) is 0 Å². The van der Waals surface area contributed by atoms with E-state index in [2.05, 4.69) is 72.1 Å². The molecule has 0 N–H and O–H groups in total. The van der Waals surface area contributed by atoms with E-state index in [1.54, 1.807) is 0 Å². The van der Waals surface area contributed by atoms with E-state index in [9.17, 15) is 0 Å². The molecule has 0 bridgehead atoms. The van der Waals surface area contributed by atoms with Crippen LogP contribution in [0.1, 0.15) is 30.4 Å². The van der Waals surface area contributed by atoms with Crippen LogP contribution in [0.15, 0.2) is 72.8 Å². The number of rotatable bonds is 6. The van der Waals surface area contributed by atoms with Gasteiger partial charge in [0.15, 0.2) is 5.79 Å². The molecule has 2 aromatic rings. The van der Waals surface area contributed by atoms with Crippen LogP contribution in [0.5, 0.6) is 0 Å².